The summed E-state index contributed by atoms with van der Waals surface area (Å²) in [5.41, 5.74) is -1.16. The van der Waals surface area contributed by atoms with Crippen molar-refractivity contribution >= 4 is 11.7 Å². The monoisotopic (exact) mass is 237 g/mol. The number of hydrogen-bond acceptors (Lipinski definition) is 3. The van der Waals surface area contributed by atoms with Crippen molar-refractivity contribution in [2.75, 3.05) is 0 Å². The van der Waals surface area contributed by atoms with E-state index in [1.165, 1.54) is 25.1 Å². The van der Waals surface area contributed by atoms with Gasteiger partial charge in [-0.05, 0) is 13.0 Å². The minimum absolute atomic E-state index is 0.0357. The highest BCUT2D eigenvalue weighted by molar-refractivity contribution is 6.09. The van der Waals surface area contributed by atoms with Crippen LogP contribution in [0.3, 0.4) is 0 Å². The lowest BCUT2D eigenvalue weighted by Gasteiger charge is -2.19. The average Bonchev–Trinajstić information content (AvgIpc) is 2.55. The molecule has 0 unspecified atom stereocenters. The summed E-state index contributed by atoms with van der Waals surface area (Å²) in [6, 6.07) is 4.86. The second kappa shape index (κ2) is 3.92. The lowest BCUT2D eigenvalue weighted by atomic mass is 9.91. The molecule has 17 heavy (non-hydrogen) atoms. The van der Waals surface area contributed by atoms with E-state index in [-0.39, 0.29) is 17.7 Å². The Hall–Kier alpha value is -1.75. The third-order valence-electron chi connectivity index (χ3n) is 2.80. The number of aliphatic imine (C=N–C) groups is 1. The first kappa shape index (κ1) is 11.7. The summed E-state index contributed by atoms with van der Waals surface area (Å²) in [5, 5.41) is 19.0. The van der Waals surface area contributed by atoms with Crippen molar-refractivity contribution in [1.82, 2.24) is 0 Å². The molecular weight excluding hydrogens is 225 g/mol. The number of halogens is 1. The Labute approximate surface area is 97.4 Å². The van der Waals surface area contributed by atoms with Crippen LogP contribution in [0.5, 0.6) is 0 Å². The first-order chi connectivity index (χ1) is 7.92. The van der Waals surface area contributed by atoms with Gasteiger partial charge in [0.1, 0.15) is 11.4 Å². The maximum absolute atomic E-state index is 13.6. The SMILES string of the molecule is C[C@@]1(O)C[C@@H](C(=O)O)N=C1c1ccccc1F. The van der Waals surface area contributed by atoms with Crippen LogP contribution in [0.4, 0.5) is 4.39 Å². The molecule has 2 rings (SSSR count). The first-order valence-electron chi connectivity index (χ1n) is 5.20. The van der Waals surface area contributed by atoms with Crippen molar-refractivity contribution in [3.05, 3.63) is 35.6 Å². The van der Waals surface area contributed by atoms with E-state index >= 15 is 0 Å². The van der Waals surface area contributed by atoms with Gasteiger partial charge in [0.15, 0.2) is 6.04 Å². The molecule has 0 aliphatic carbocycles. The normalized spacial score (nSPS) is 27.9. The Kier molecular flexibility index (Phi) is 2.71. The molecule has 1 heterocycles. The Balaban J connectivity index is 2.47. The van der Waals surface area contributed by atoms with Crippen LogP contribution in [0.1, 0.15) is 18.9 Å². The van der Waals surface area contributed by atoms with Crippen LogP contribution < -0.4 is 0 Å². The lowest BCUT2D eigenvalue weighted by Crippen LogP contribution is -2.34. The largest absolute Gasteiger partial charge is 0.480 e. The quantitative estimate of drug-likeness (QED) is 0.812. The molecule has 1 aromatic rings. The number of rotatable bonds is 2. The molecule has 0 saturated heterocycles. The fraction of sp³-hybridized carbons (Fsp3) is 0.333. The van der Waals surface area contributed by atoms with E-state index < -0.39 is 23.4 Å². The van der Waals surface area contributed by atoms with Crippen LogP contribution in [0.25, 0.3) is 0 Å². The molecule has 5 heteroatoms. The molecule has 1 aromatic carbocycles. The molecule has 90 valence electrons. The second-order valence-electron chi connectivity index (χ2n) is 4.29. The number of nitrogens with zero attached hydrogens (tertiary/aromatic N) is 1. The molecule has 0 aromatic heterocycles. The van der Waals surface area contributed by atoms with Gasteiger partial charge in [0.2, 0.25) is 0 Å². The summed E-state index contributed by atoms with van der Waals surface area (Å²) >= 11 is 0. The molecule has 0 bridgehead atoms. The third-order valence-corrected chi connectivity index (χ3v) is 2.80. The Morgan fingerprint density at radius 3 is 2.71 bits per heavy atom. The molecule has 1 aliphatic heterocycles. The van der Waals surface area contributed by atoms with Crippen molar-refractivity contribution in [3.63, 3.8) is 0 Å². The molecule has 0 fully saturated rings. The van der Waals surface area contributed by atoms with Gasteiger partial charge in [0.05, 0.1) is 5.71 Å². The van der Waals surface area contributed by atoms with Gasteiger partial charge < -0.3 is 10.2 Å². The number of benzene rings is 1. The number of aliphatic hydroxyl groups is 1. The third kappa shape index (κ3) is 2.06. The maximum Gasteiger partial charge on any atom is 0.328 e. The van der Waals surface area contributed by atoms with Gasteiger partial charge in [-0.1, -0.05) is 18.2 Å². The summed E-state index contributed by atoms with van der Waals surface area (Å²) in [6.45, 7) is 1.45. The van der Waals surface area contributed by atoms with Crippen molar-refractivity contribution in [1.29, 1.82) is 0 Å². The van der Waals surface area contributed by atoms with Gasteiger partial charge in [0.25, 0.3) is 0 Å². The van der Waals surface area contributed by atoms with Crippen molar-refractivity contribution in [2.45, 2.75) is 25.0 Å². The van der Waals surface area contributed by atoms with Gasteiger partial charge in [-0.2, -0.15) is 0 Å². The predicted octanol–water partition coefficient (Wildman–Crippen LogP) is 1.22. The fourth-order valence-corrected chi connectivity index (χ4v) is 1.97. The molecule has 0 radical (unpaired) electrons. The lowest BCUT2D eigenvalue weighted by molar-refractivity contribution is -0.139. The number of hydrogen-bond donors (Lipinski definition) is 2. The summed E-state index contributed by atoms with van der Waals surface area (Å²) in [6.07, 6.45) is -0.0357. The topological polar surface area (TPSA) is 69.9 Å². The van der Waals surface area contributed by atoms with Crippen LogP contribution in [0.2, 0.25) is 0 Å². The molecule has 2 N–H and O–H groups in total. The van der Waals surface area contributed by atoms with E-state index in [1.54, 1.807) is 6.07 Å². The highest BCUT2D eigenvalue weighted by Gasteiger charge is 2.41. The number of aliphatic carboxylic acids is 1. The summed E-state index contributed by atoms with van der Waals surface area (Å²) in [5.74, 6) is -1.63. The molecule has 4 nitrogen and oxygen atoms in total. The van der Waals surface area contributed by atoms with Gasteiger partial charge >= 0.3 is 5.97 Å². The zero-order chi connectivity index (χ0) is 12.6. The second-order valence-corrected chi connectivity index (χ2v) is 4.29. The number of carboxylic acid groups (broad SMARTS) is 1. The van der Waals surface area contributed by atoms with Crippen molar-refractivity contribution < 1.29 is 19.4 Å². The Morgan fingerprint density at radius 1 is 1.53 bits per heavy atom. The van der Waals surface area contributed by atoms with Crippen LogP contribution in [-0.4, -0.2) is 33.5 Å². The van der Waals surface area contributed by atoms with E-state index in [2.05, 4.69) is 4.99 Å². The van der Waals surface area contributed by atoms with Gasteiger partial charge in [-0.15, -0.1) is 0 Å². The maximum atomic E-state index is 13.6. The average molecular weight is 237 g/mol. The van der Waals surface area contributed by atoms with E-state index in [0.717, 1.165) is 0 Å². The molecule has 0 amide bonds. The van der Waals surface area contributed by atoms with E-state index in [4.69, 9.17) is 5.11 Å². The minimum atomic E-state index is -1.41. The standard InChI is InChI=1S/C12H12FNO3/c1-12(17)6-9(11(15)16)14-10(12)7-4-2-3-5-8(7)13/h2-5,9,17H,6H2,1H3,(H,15,16)/t9-,12+/m0/s1. The zero-order valence-electron chi connectivity index (χ0n) is 9.22. The van der Waals surface area contributed by atoms with Gasteiger partial charge in [-0.25, -0.2) is 9.18 Å². The van der Waals surface area contributed by atoms with E-state index in [0.29, 0.717) is 0 Å². The molecule has 1 aliphatic rings. The molecular formula is C12H12FNO3. The Bertz CT molecular complexity index is 496. The predicted molar refractivity (Wildman–Crippen MR) is 59.6 cm³/mol. The smallest absolute Gasteiger partial charge is 0.328 e. The first-order valence-corrected chi connectivity index (χ1v) is 5.20. The van der Waals surface area contributed by atoms with Crippen LogP contribution in [-0.2, 0) is 4.79 Å². The van der Waals surface area contributed by atoms with Crippen LogP contribution in [0.15, 0.2) is 29.3 Å². The summed E-state index contributed by atoms with van der Waals surface area (Å²) in [7, 11) is 0. The fourth-order valence-electron chi connectivity index (χ4n) is 1.97. The van der Waals surface area contributed by atoms with Gasteiger partial charge in [-0.3, -0.25) is 4.99 Å². The summed E-state index contributed by atoms with van der Waals surface area (Å²) < 4.78 is 13.6. The number of carbonyl (C=O) groups is 1. The molecule has 0 spiro atoms. The van der Waals surface area contributed by atoms with E-state index in [1.807, 2.05) is 0 Å². The van der Waals surface area contributed by atoms with E-state index in [9.17, 15) is 14.3 Å². The minimum Gasteiger partial charge on any atom is -0.480 e. The Morgan fingerprint density at radius 2 is 2.18 bits per heavy atom. The van der Waals surface area contributed by atoms with Crippen LogP contribution in [0, 0.1) is 5.82 Å². The molecule has 2 atom stereocenters. The highest BCUT2D eigenvalue weighted by atomic mass is 19.1. The summed E-state index contributed by atoms with van der Waals surface area (Å²) in [4.78, 5) is 14.7. The van der Waals surface area contributed by atoms with Crippen molar-refractivity contribution in [2.24, 2.45) is 4.99 Å². The number of carboxylic acids is 1. The van der Waals surface area contributed by atoms with Crippen LogP contribution >= 0.6 is 0 Å². The highest BCUT2D eigenvalue weighted by Crippen LogP contribution is 2.29. The zero-order valence-corrected chi connectivity index (χ0v) is 9.22. The van der Waals surface area contributed by atoms with Crippen molar-refractivity contribution in [3.8, 4) is 0 Å². The van der Waals surface area contributed by atoms with Gasteiger partial charge in [0, 0.05) is 12.0 Å². The molecule has 0 saturated carbocycles.